The van der Waals surface area contributed by atoms with Crippen LogP contribution in [0.25, 0.3) is 0 Å². The van der Waals surface area contributed by atoms with Crippen LogP contribution in [0.3, 0.4) is 0 Å². The summed E-state index contributed by atoms with van der Waals surface area (Å²) in [5.74, 6) is 0.642. The highest BCUT2D eigenvalue weighted by atomic mass is 127. The summed E-state index contributed by atoms with van der Waals surface area (Å²) in [6.45, 7) is 7.99. The molecule has 1 rings (SSSR count). The van der Waals surface area contributed by atoms with Crippen LogP contribution in [0, 0.1) is 3.57 Å². The number of benzene rings is 1. The largest absolute Gasteiger partial charge is 0.493 e. The van der Waals surface area contributed by atoms with Crippen LogP contribution in [0.2, 0.25) is 0 Å². The van der Waals surface area contributed by atoms with Crippen LogP contribution in [0.4, 0.5) is 0 Å². The number of nitrogens with one attached hydrogen (secondary N) is 1. The van der Waals surface area contributed by atoms with E-state index in [1.54, 1.807) is 19.2 Å². The topological polar surface area (TPSA) is 67.9 Å². The van der Waals surface area contributed by atoms with Crippen molar-refractivity contribution in [2.75, 3.05) is 27.3 Å². The number of nitrogens with zero attached hydrogens (tertiary/aromatic N) is 1. The predicted octanol–water partition coefficient (Wildman–Crippen LogP) is 2.69. The zero-order valence-corrected chi connectivity index (χ0v) is 17.2. The number of hydrogen-bond acceptors (Lipinski definition) is 4. The first-order chi connectivity index (χ1) is 11.1. The summed E-state index contributed by atoms with van der Waals surface area (Å²) in [5.41, 5.74) is 0.149. The molecule has 0 saturated carbocycles. The van der Waals surface area contributed by atoms with E-state index >= 15 is 0 Å². The highest BCUT2D eigenvalue weighted by Crippen LogP contribution is 2.31. The minimum Gasteiger partial charge on any atom is -0.493 e. The van der Waals surface area contributed by atoms with Crippen LogP contribution in [0.15, 0.2) is 12.1 Å². The van der Waals surface area contributed by atoms with Crippen molar-refractivity contribution in [3.8, 4) is 11.5 Å². The quantitative estimate of drug-likeness (QED) is 0.680. The molecule has 1 aromatic carbocycles. The smallest absolute Gasteiger partial charge is 0.255 e. The number of likely N-dealkylation sites (N-methyl/N-ethyl adjacent to an activating group) is 1. The fourth-order valence-corrected chi connectivity index (χ4v) is 2.82. The lowest BCUT2D eigenvalue weighted by molar-refractivity contribution is -0.123. The molecule has 0 aliphatic carbocycles. The Bertz CT molecular complexity index is 611. The van der Waals surface area contributed by atoms with Crippen LogP contribution >= 0.6 is 22.6 Å². The van der Waals surface area contributed by atoms with E-state index in [-0.39, 0.29) is 23.9 Å². The Hall–Kier alpha value is -1.51. The fraction of sp³-hybridized carbons (Fsp3) is 0.529. The van der Waals surface area contributed by atoms with Crippen molar-refractivity contribution in [1.82, 2.24) is 10.2 Å². The third kappa shape index (κ3) is 5.54. The maximum absolute atomic E-state index is 12.8. The summed E-state index contributed by atoms with van der Waals surface area (Å²) >= 11 is 2.08. The van der Waals surface area contributed by atoms with Gasteiger partial charge >= 0.3 is 0 Å². The number of carbonyl (C=O) groups is 2. The number of rotatable bonds is 6. The van der Waals surface area contributed by atoms with E-state index in [9.17, 15) is 9.59 Å². The molecule has 0 unspecified atom stereocenters. The molecule has 1 N–H and O–H groups in total. The molecule has 0 saturated heterocycles. The van der Waals surface area contributed by atoms with Gasteiger partial charge in [0.25, 0.3) is 5.91 Å². The van der Waals surface area contributed by atoms with Gasteiger partial charge in [-0.1, -0.05) is 0 Å². The molecule has 6 nitrogen and oxygen atoms in total. The Morgan fingerprint density at radius 3 is 2.17 bits per heavy atom. The van der Waals surface area contributed by atoms with E-state index in [0.717, 1.165) is 3.57 Å². The van der Waals surface area contributed by atoms with Crippen LogP contribution in [-0.4, -0.2) is 49.6 Å². The normalized spacial score (nSPS) is 11.0. The molecule has 0 radical (unpaired) electrons. The Morgan fingerprint density at radius 2 is 1.71 bits per heavy atom. The van der Waals surface area contributed by atoms with Gasteiger partial charge in [0.05, 0.1) is 26.3 Å². The van der Waals surface area contributed by atoms with Crippen LogP contribution < -0.4 is 14.8 Å². The molecule has 24 heavy (non-hydrogen) atoms. The molecule has 134 valence electrons. The molecule has 2 amide bonds. The molecule has 0 aliphatic rings. The first-order valence-corrected chi connectivity index (χ1v) is 8.72. The first kappa shape index (κ1) is 20.5. The number of methoxy groups -OCH3 is 2. The molecule has 0 aromatic heterocycles. The fourth-order valence-electron chi connectivity index (χ4n) is 2.15. The second-order valence-corrected chi connectivity index (χ2v) is 7.47. The molecule has 0 aliphatic heterocycles. The van der Waals surface area contributed by atoms with Crippen molar-refractivity contribution >= 4 is 34.4 Å². The minimum absolute atomic E-state index is 0.0109. The molecule has 0 spiro atoms. The van der Waals surface area contributed by atoms with Gasteiger partial charge in [0.1, 0.15) is 0 Å². The summed E-state index contributed by atoms with van der Waals surface area (Å²) < 4.78 is 11.2. The van der Waals surface area contributed by atoms with Gasteiger partial charge in [-0.25, -0.2) is 0 Å². The Kier molecular flexibility index (Phi) is 7.31. The molecule has 0 bridgehead atoms. The Balaban J connectivity index is 3.03. The zero-order chi connectivity index (χ0) is 18.5. The van der Waals surface area contributed by atoms with Crippen LogP contribution in [0.5, 0.6) is 11.5 Å². The average molecular weight is 448 g/mol. The molecule has 7 heteroatoms. The third-order valence-corrected chi connectivity index (χ3v) is 4.11. The van der Waals surface area contributed by atoms with Gasteiger partial charge < -0.3 is 19.7 Å². The van der Waals surface area contributed by atoms with Gasteiger partial charge in [0.2, 0.25) is 5.91 Å². The molecular formula is C17H25IN2O4. The lowest BCUT2D eigenvalue weighted by atomic mass is 10.1. The average Bonchev–Trinajstić information content (AvgIpc) is 2.49. The Labute approximate surface area is 157 Å². The van der Waals surface area contributed by atoms with Gasteiger partial charge in [-0.3, -0.25) is 9.59 Å². The number of hydrogen-bond donors (Lipinski definition) is 1. The molecule has 0 atom stereocenters. The third-order valence-electron chi connectivity index (χ3n) is 3.22. The second kappa shape index (κ2) is 8.55. The molecule has 0 fully saturated rings. The van der Waals surface area contributed by atoms with Crippen molar-refractivity contribution in [1.29, 1.82) is 0 Å². The van der Waals surface area contributed by atoms with Gasteiger partial charge in [-0.2, -0.15) is 0 Å². The zero-order valence-electron chi connectivity index (χ0n) is 15.0. The SMILES string of the molecule is CCN(CC(=O)NC(C)(C)C)C(=O)c1cc(OC)c(OC)cc1I. The van der Waals surface area contributed by atoms with Crippen LogP contribution in [0.1, 0.15) is 38.1 Å². The van der Waals surface area contributed by atoms with Gasteiger partial charge in [0.15, 0.2) is 11.5 Å². The summed E-state index contributed by atoms with van der Waals surface area (Å²) in [4.78, 5) is 26.4. The number of amides is 2. The maximum atomic E-state index is 12.8. The van der Waals surface area contributed by atoms with Crippen molar-refractivity contribution in [3.05, 3.63) is 21.3 Å². The first-order valence-electron chi connectivity index (χ1n) is 7.64. The van der Waals surface area contributed by atoms with Gasteiger partial charge in [0, 0.05) is 15.7 Å². The van der Waals surface area contributed by atoms with Crippen molar-refractivity contribution in [3.63, 3.8) is 0 Å². The van der Waals surface area contributed by atoms with E-state index in [1.807, 2.05) is 27.7 Å². The highest BCUT2D eigenvalue weighted by molar-refractivity contribution is 14.1. The van der Waals surface area contributed by atoms with Gasteiger partial charge in [-0.05, 0) is 62.4 Å². The van der Waals surface area contributed by atoms with Crippen molar-refractivity contribution in [2.24, 2.45) is 0 Å². The number of carbonyl (C=O) groups excluding carboxylic acids is 2. The number of halogens is 1. The van der Waals surface area contributed by atoms with Crippen LogP contribution in [-0.2, 0) is 4.79 Å². The summed E-state index contributed by atoms with van der Waals surface area (Å²) in [6, 6.07) is 3.39. The van der Waals surface area contributed by atoms with Crippen molar-refractivity contribution in [2.45, 2.75) is 33.2 Å². The second-order valence-electron chi connectivity index (χ2n) is 6.30. The van der Waals surface area contributed by atoms with E-state index in [0.29, 0.717) is 23.6 Å². The lowest BCUT2D eigenvalue weighted by Gasteiger charge is -2.25. The van der Waals surface area contributed by atoms with E-state index in [2.05, 4.69) is 27.9 Å². The Morgan fingerprint density at radius 1 is 1.17 bits per heavy atom. The summed E-state index contributed by atoms with van der Waals surface area (Å²) in [6.07, 6.45) is 0. The molecular weight excluding hydrogens is 423 g/mol. The van der Waals surface area contributed by atoms with E-state index in [1.165, 1.54) is 12.0 Å². The minimum atomic E-state index is -0.336. The van der Waals surface area contributed by atoms with E-state index < -0.39 is 0 Å². The maximum Gasteiger partial charge on any atom is 0.255 e. The number of ether oxygens (including phenoxy) is 2. The molecule has 0 heterocycles. The molecule has 1 aromatic rings. The van der Waals surface area contributed by atoms with Gasteiger partial charge in [-0.15, -0.1) is 0 Å². The summed E-state index contributed by atoms with van der Waals surface area (Å²) in [5, 5.41) is 2.87. The van der Waals surface area contributed by atoms with E-state index in [4.69, 9.17) is 9.47 Å². The standard InChI is InChI=1S/C17H25IN2O4/c1-7-20(10-15(21)19-17(2,3)4)16(22)11-8-13(23-5)14(24-6)9-12(11)18/h8-9H,7,10H2,1-6H3,(H,19,21). The summed E-state index contributed by atoms with van der Waals surface area (Å²) in [7, 11) is 3.07. The van der Waals surface area contributed by atoms with Crippen molar-refractivity contribution < 1.29 is 19.1 Å². The predicted molar refractivity (Wildman–Crippen MR) is 102 cm³/mol. The highest BCUT2D eigenvalue weighted by Gasteiger charge is 2.23. The lowest BCUT2D eigenvalue weighted by Crippen LogP contribution is -2.47. The monoisotopic (exact) mass is 448 g/mol.